The Morgan fingerprint density at radius 1 is 1.03 bits per heavy atom. The third kappa shape index (κ3) is 3.65. The molecule has 0 spiro atoms. The highest BCUT2D eigenvalue weighted by molar-refractivity contribution is 6.06. The van der Waals surface area contributed by atoms with Gasteiger partial charge in [-0.05, 0) is 35.0 Å². The summed E-state index contributed by atoms with van der Waals surface area (Å²) >= 11 is 0. The van der Waals surface area contributed by atoms with Gasteiger partial charge in [0.05, 0.1) is 18.4 Å². The van der Waals surface area contributed by atoms with Gasteiger partial charge in [0.1, 0.15) is 6.61 Å². The van der Waals surface area contributed by atoms with Crippen LogP contribution in [0.2, 0.25) is 0 Å². The van der Waals surface area contributed by atoms with E-state index in [0.29, 0.717) is 24.4 Å². The van der Waals surface area contributed by atoms with Gasteiger partial charge in [0, 0.05) is 11.8 Å². The molecule has 1 aliphatic heterocycles. The molecule has 0 saturated heterocycles. The maximum Gasteiger partial charge on any atom is 0.255 e. The van der Waals surface area contributed by atoms with E-state index < -0.39 is 0 Å². The Labute approximate surface area is 167 Å². The third-order valence-electron chi connectivity index (χ3n) is 4.86. The summed E-state index contributed by atoms with van der Waals surface area (Å²) in [5.74, 6) is 1.33. The van der Waals surface area contributed by atoms with Crippen LogP contribution >= 0.6 is 0 Å². The minimum Gasteiger partial charge on any atom is -0.486 e. The van der Waals surface area contributed by atoms with Crippen LogP contribution in [0.3, 0.4) is 0 Å². The number of fused-ring (bicyclic) bond motifs is 2. The van der Waals surface area contributed by atoms with Crippen molar-refractivity contribution in [2.24, 2.45) is 0 Å². The van der Waals surface area contributed by atoms with Gasteiger partial charge in [-0.1, -0.05) is 42.5 Å². The zero-order valence-electron chi connectivity index (χ0n) is 15.6. The Bertz CT molecular complexity index is 1180. The van der Waals surface area contributed by atoms with E-state index in [1.165, 1.54) is 0 Å². The lowest BCUT2D eigenvalue weighted by molar-refractivity contribution is 0.0759. The van der Waals surface area contributed by atoms with Crippen LogP contribution < -0.4 is 14.8 Å². The number of aromatic nitrogens is 2. The number of nitrogens with one attached hydrogen (secondary N) is 1. The molecule has 144 valence electrons. The van der Waals surface area contributed by atoms with Crippen molar-refractivity contribution in [3.05, 3.63) is 84.7 Å². The first-order chi connectivity index (χ1) is 14.2. The Morgan fingerprint density at radius 3 is 2.72 bits per heavy atom. The zero-order valence-corrected chi connectivity index (χ0v) is 15.6. The summed E-state index contributed by atoms with van der Waals surface area (Å²) in [7, 11) is 0. The standard InChI is InChI=1S/C23H19N3O3/c27-23(18-10-9-16-5-1-2-6-17(16)11-18)25-19-12-24-26(13-19)14-20-15-28-21-7-3-4-8-22(21)29-20/h1-13,20H,14-15H2,(H,25,27). The summed E-state index contributed by atoms with van der Waals surface area (Å²) in [6.45, 7) is 0.982. The van der Waals surface area contributed by atoms with Crippen LogP contribution in [-0.4, -0.2) is 28.4 Å². The highest BCUT2D eigenvalue weighted by Crippen LogP contribution is 2.31. The number of ether oxygens (including phenoxy) is 2. The van der Waals surface area contributed by atoms with Gasteiger partial charge in [0.15, 0.2) is 17.6 Å². The maximum atomic E-state index is 12.6. The fraction of sp³-hybridized carbons (Fsp3) is 0.130. The van der Waals surface area contributed by atoms with E-state index in [0.717, 1.165) is 22.3 Å². The van der Waals surface area contributed by atoms with Crippen molar-refractivity contribution in [3.63, 3.8) is 0 Å². The highest BCUT2D eigenvalue weighted by Gasteiger charge is 2.21. The SMILES string of the molecule is O=C(Nc1cnn(CC2COc3ccccc3O2)c1)c1ccc2ccccc2c1. The molecule has 0 radical (unpaired) electrons. The van der Waals surface area contributed by atoms with Crippen molar-refractivity contribution in [2.75, 3.05) is 11.9 Å². The van der Waals surface area contributed by atoms with E-state index in [1.54, 1.807) is 17.1 Å². The zero-order chi connectivity index (χ0) is 19.6. The summed E-state index contributed by atoms with van der Waals surface area (Å²) in [4.78, 5) is 12.6. The molecule has 1 unspecified atom stereocenters. The topological polar surface area (TPSA) is 65.4 Å². The summed E-state index contributed by atoms with van der Waals surface area (Å²) < 4.78 is 13.4. The van der Waals surface area contributed by atoms with E-state index in [4.69, 9.17) is 9.47 Å². The Morgan fingerprint density at radius 2 is 1.83 bits per heavy atom. The molecule has 6 nitrogen and oxygen atoms in total. The Balaban J connectivity index is 1.25. The molecule has 0 saturated carbocycles. The number of hydrogen-bond acceptors (Lipinski definition) is 4. The van der Waals surface area contributed by atoms with Gasteiger partial charge in [-0.25, -0.2) is 0 Å². The van der Waals surface area contributed by atoms with Crippen molar-refractivity contribution in [3.8, 4) is 11.5 Å². The number of benzene rings is 3. The van der Waals surface area contributed by atoms with E-state index in [-0.39, 0.29) is 12.0 Å². The number of amides is 1. The van der Waals surface area contributed by atoms with Crippen LogP contribution in [-0.2, 0) is 6.54 Å². The van der Waals surface area contributed by atoms with Crippen LogP contribution in [0.5, 0.6) is 11.5 Å². The summed E-state index contributed by atoms with van der Waals surface area (Å²) in [6, 6.07) is 21.2. The van der Waals surface area contributed by atoms with Gasteiger partial charge < -0.3 is 14.8 Å². The minimum absolute atomic E-state index is 0.145. The lowest BCUT2D eigenvalue weighted by Gasteiger charge is -2.26. The smallest absolute Gasteiger partial charge is 0.255 e. The molecule has 1 aromatic heterocycles. The average Bonchev–Trinajstić information content (AvgIpc) is 3.20. The van der Waals surface area contributed by atoms with Crippen molar-refractivity contribution in [2.45, 2.75) is 12.6 Å². The first-order valence-corrected chi connectivity index (χ1v) is 9.46. The molecular formula is C23H19N3O3. The predicted octanol–water partition coefficient (Wildman–Crippen LogP) is 4.13. The van der Waals surface area contributed by atoms with Crippen LogP contribution in [0.25, 0.3) is 10.8 Å². The van der Waals surface area contributed by atoms with Crippen molar-refractivity contribution in [1.82, 2.24) is 9.78 Å². The van der Waals surface area contributed by atoms with E-state index in [1.807, 2.05) is 66.7 Å². The van der Waals surface area contributed by atoms with Gasteiger partial charge in [-0.2, -0.15) is 5.10 Å². The lowest BCUT2D eigenvalue weighted by Crippen LogP contribution is -2.33. The van der Waals surface area contributed by atoms with Gasteiger partial charge in [-0.3, -0.25) is 9.48 Å². The van der Waals surface area contributed by atoms with Crippen LogP contribution in [0, 0.1) is 0 Å². The van der Waals surface area contributed by atoms with Crippen molar-refractivity contribution < 1.29 is 14.3 Å². The summed E-state index contributed by atoms with van der Waals surface area (Å²) in [5.41, 5.74) is 1.25. The Hall–Kier alpha value is -3.80. The molecule has 6 heteroatoms. The molecule has 29 heavy (non-hydrogen) atoms. The average molecular weight is 385 g/mol. The van der Waals surface area contributed by atoms with E-state index in [2.05, 4.69) is 10.4 Å². The summed E-state index contributed by atoms with van der Waals surface area (Å²) in [5, 5.41) is 9.37. The first kappa shape index (κ1) is 17.3. The molecule has 0 fully saturated rings. The predicted molar refractivity (Wildman–Crippen MR) is 110 cm³/mol. The molecule has 0 aliphatic carbocycles. The maximum absolute atomic E-state index is 12.6. The number of hydrogen-bond donors (Lipinski definition) is 1. The first-order valence-electron chi connectivity index (χ1n) is 9.46. The molecular weight excluding hydrogens is 366 g/mol. The normalized spacial score (nSPS) is 15.2. The minimum atomic E-state index is -0.165. The molecule has 1 atom stereocenters. The fourth-order valence-electron chi connectivity index (χ4n) is 3.42. The molecule has 4 aromatic rings. The van der Waals surface area contributed by atoms with Gasteiger partial charge in [-0.15, -0.1) is 0 Å². The van der Waals surface area contributed by atoms with Crippen LogP contribution in [0.4, 0.5) is 5.69 Å². The number of carbonyl (C=O) groups is 1. The molecule has 0 bridgehead atoms. The molecule has 3 aromatic carbocycles. The van der Waals surface area contributed by atoms with Crippen LogP contribution in [0.1, 0.15) is 10.4 Å². The number of rotatable bonds is 4. The highest BCUT2D eigenvalue weighted by atomic mass is 16.6. The van der Waals surface area contributed by atoms with Crippen molar-refractivity contribution in [1.29, 1.82) is 0 Å². The fourth-order valence-corrected chi connectivity index (χ4v) is 3.42. The van der Waals surface area contributed by atoms with Gasteiger partial charge in [0.2, 0.25) is 0 Å². The summed E-state index contributed by atoms with van der Waals surface area (Å²) in [6.07, 6.45) is 3.29. The third-order valence-corrected chi connectivity index (χ3v) is 4.86. The number of anilines is 1. The Kier molecular flexibility index (Phi) is 4.37. The van der Waals surface area contributed by atoms with Crippen LogP contribution in [0.15, 0.2) is 79.1 Å². The second-order valence-electron chi connectivity index (χ2n) is 6.96. The van der Waals surface area contributed by atoms with Gasteiger partial charge in [0.25, 0.3) is 5.91 Å². The second-order valence-corrected chi connectivity index (χ2v) is 6.96. The monoisotopic (exact) mass is 385 g/mol. The number of carbonyl (C=O) groups excluding carboxylic acids is 1. The molecule has 1 N–H and O–H groups in total. The van der Waals surface area contributed by atoms with E-state index in [9.17, 15) is 4.79 Å². The van der Waals surface area contributed by atoms with E-state index >= 15 is 0 Å². The number of nitrogens with zero attached hydrogens (tertiary/aromatic N) is 2. The molecule has 1 amide bonds. The molecule has 2 heterocycles. The largest absolute Gasteiger partial charge is 0.486 e. The molecule has 1 aliphatic rings. The van der Waals surface area contributed by atoms with Crippen molar-refractivity contribution >= 4 is 22.4 Å². The van der Waals surface area contributed by atoms with Gasteiger partial charge >= 0.3 is 0 Å². The second kappa shape index (κ2) is 7.31. The number of para-hydroxylation sites is 2. The lowest BCUT2D eigenvalue weighted by atomic mass is 10.1. The molecule has 5 rings (SSSR count). The quantitative estimate of drug-likeness (QED) is 0.574.